The van der Waals surface area contributed by atoms with E-state index < -0.39 is 42.1 Å². The molecule has 0 saturated heterocycles. The van der Waals surface area contributed by atoms with E-state index in [1.807, 2.05) is 6.92 Å². The van der Waals surface area contributed by atoms with Gasteiger partial charge in [0, 0.05) is 5.92 Å². The van der Waals surface area contributed by atoms with Gasteiger partial charge in [0.05, 0.1) is 25.7 Å². The molecule has 11 heteroatoms. The zero-order valence-electron chi connectivity index (χ0n) is 20.1. The molecule has 0 bridgehead atoms. The maximum atomic E-state index is 12.1. The maximum absolute atomic E-state index is 12.1. The number of ether oxygens (including phenoxy) is 5. The third-order valence-corrected chi connectivity index (χ3v) is 5.05. The van der Waals surface area contributed by atoms with Crippen LogP contribution in [0.25, 0.3) is 0 Å². The quantitative estimate of drug-likeness (QED) is 0.254. The molecule has 0 spiro atoms. The Bertz CT molecular complexity index is 856. The summed E-state index contributed by atoms with van der Waals surface area (Å²) in [5, 5.41) is 9.56. The number of carbonyl (C=O) groups is 4. The van der Waals surface area contributed by atoms with Crippen LogP contribution in [0, 0.1) is 11.8 Å². The Balaban J connectivity index is 3.33. The molecule has 4 atom stereocenters. The fourth-order valence-corrected chi connectivity index (χ4v) is 3.04. The lowest BCUT2D eigenvalue weighted by molar-refractivity contribution is -0.149. The predicted octanol–water partition coefficient (Wildman–Crippen LogP) is 3.48. The van der Waals surface area contributed by atoms with E-state index in [4.69, 9.17) is 29.4 Å². The van der Waals surface area contributed by atoms with Gasteiger partial charge in [0.25, 0.3) is 0 Å². The van der Waals surface area contributed by atoms with Gasteiger partial charge in [-0.3, -0.25) is 9.59 Å². The maximum Gasteiger partial charge on any atom is 0.513 e. The summed E-state index contributed by atoms with van der Waals surface area (Å²) < 4.78 is 25.1. The Morgan fingerprint density at radius 1 is 0.912 bits per heavy atom. The minimum absolute atomic E-state index is 0.0394. The molecule has 190 valence electrons. The van der Waals surface area contributed by atoms with Crippen molar-refractivity contribution in [2.24, 2.45) is 17.6 Å². The van der Waals surface area contributed by atoms with Crippen LogP contribution in [0.5, 0.6) is 11.5 Å². The summed E-state index contributed by atoms with van der Waals surface area (Å²) in [6, 6.07) is 2.75. The van der Waals surface area contributed by atoms with Gasteiger partial charge in [-0.25, -0.2) is 9.59 Å². The van der Waals surface area contributed by atoms with Crippen LogP contribution >= 0.6 is 0 Å². The molecule has 0 aromatic heterocycles. The number of nitrogens with two attached hydrogens (primary N) is 1. The molecule has 0 fully saturated rings. The van der Waals surface area contributed by atoms with Gasteiger partial charge in [0.2, 0.25) is 0 Å². The number of esters is 1. The Morgan fingerprint density at radius 2 is 1.47 bits per heavy atom. The lowest BCUT2D eigenvalue weighted by atomic mass is 9.82. The number of carboxylic acids is 1. The largest absolute Gasteiger partial charge is 0.513 e. The highest BCUT2D eigenvalue weighted by Gasteiger charge is 2.33. The fourth-order valence-electron chi connectivity index (χ4n) is 3.04. The van der Waals surface area contributed by atoms with Crippen molar-refractivity contribution in [3.63, 3.8) is 0 Å². The molecule has 1 aromatic rings. The van der Waals surface area contributed by atoms with Gasteiger partial charge in [-0.1, -0.05) is 26.8 Å². The molecule has 0 aliphatic heterocycles. The number of hydrogen-bond donors (Lipinski definition) is 2. The Hall–Kier alpha value is -3.34. The highest BCUT2D eigenvalue weighted by Crippen LogP contribution is 2.36. The van der Waals surface area contributed by atoms with Gasteiger partial charge >= 0.3 is 24.2 Å². The van der Waals surface area contributed by atoms with E-state index >= 15 is 0 Å². The zero-order chi connectivity index (χ0) is 25.8. The summed E-state index contributed by atoms with van der Waals surface area (Å²) in [6.45, 7) is 8.46. The second-order valence-electron chi connectivity index (χ2n) is 7.58. The number of rotatable bonds is 12. The highest BCUT2D eigenvalue weighted by molar-refractivity contribution is 5.75. The average Bonchev–Trinajstić information content (AvgIpc) is 2.78. The van der Waals surface area contributed by atoms with Crippen molar-refractivity contribution >= 4 is 24.2 Å². The van der Waals surface area contributed by atoms with Crippen molar-refractivity contribution in [2.45, 2.75) is 53.0 Å². The van der Waals surface area contributed by atoms with Crippen molar-refractivity contribution in [2.75, 3.05) is 19.8 Å². The van der Waals surface area contributed by atoms with Crippen molar-refractivity contribution in [3.8, 4) is 11.5 Å². The number of aliphatic carboxylic acids is 1. The first-order valence-electron chi connectivity index (χ1n) is 11.0. The summed E-state index contributed by atoms with van der Waals surface area (Å²) in [5.74, 6) is -3.69. The molecular weight excluding hydrogens is 450 g/mol. The summed E-state index contributed by atoms with van der Waals surface area (Å²) in [5.41, 5.74) is 6.32. The molecular formula is C23H33NO10. The van der Waals surface area contributed by atoms with E-state index in [1.165, 1.54) is 18.2 Å². The van der Waals surface area contributed by atoms with Crippen LogP contribution in [0.3, 0.4) is 0 Å². The van der Waals surface area contributed by atoms with Crippen LogP contribution < -0.4 is 15.2 Å². The van der Waals surface area contributed by atoms with Crippen molar-refractivity contribution in [1.29, 1.82) is 0 Å². The predicted molar refractivity (Wildman–Crippen MR) is 120 cm³/mol. The second-order valence-corrected chi connectivity index (χ2v) is 7.58. The highest BCUT2D eigenvalue weighted by atomic mass is 16.7. The molecule has 3 N–H and O–H groups in total. The zero-order valence-corrected chi connectivity index (χ0v) is 20.1. The molecule has 0 aliphatic carbocycles. The first-order chi connectivity index (χ1) is 16.0. The number of benzene rings is 1. The van der Waals surface area contributed by atoms with Crippen LogP contribution in [0.1, 0.15) is 52.5 Å². The van der Waals surface area contributed by atoms with Crippen LogP contribution in [0.15, 0.2) is 18.2 Å². The molecule has 1 aromatic carbocycles. The topological polar surface area (TPSA) is 161 Å². The van der Waals surface area contributed by atoms with E-state index in [9.17, 15) is 24.3 Å². The van der Waals surface area contributed by atoms with Crippen molar-refractivity contribution < 1.29 is 48.0 Å². The van der Waals surface area contributed by atoms with Crippen molar-refractivity contribution in [3.05, 3.63) is 23.8 Å². The Labute approximate surface area is 198 Å². The molecule has 0 aliphatic rings. The molecule has 0 radical (unpaired) electrons. The third-order valence-electron chi connectivity index (χ3n) is 5.05. The SMILES string of the molecule is CCOC(=O)Oc1ccc(C(C(C)COC(=O)C(C)CC)[C@H](N)C(=O)O)cc1OC(=O)OCC. The molecule has 1 rings (SSSR count). The lowest BCUT2D eigenvalue weighted by Crippen LogP contribution is -2.40. The molecule has 0 amide bonds. The minimum Gasteiger partial charge on any atom is -0.480 e. The molecule has 11 nitrogen and oxygen atoms in total. The standard InChI is InChI=1S/C23H33NO10/c1-6-13(4)21(27)32-12-14(5)18(19(24)20(25)26)15-9-10-16(33-22(28)30-7-2)17(11-15)34-23(29)31-8-3/h9-11,13-14,18-19H,6-8,12,24H2,1-5H3,(H,25,26)/t13?,14?,18?,19-/m0/s1. The smallest absolute Gasteiger partial charge is 0.480 e. The van der Waals surface area contributed by atoms with Gasteiger partial charge in [-0.05, 0) is 43.9 Å². The Morgan fingerprint density at radius 3 is 1.97 bits per heavy atom. The van der Waals surface area contributed by atoms with E-state index in [1.54, 1.807) is 27.7 Å². The van der Waals surface area contributed by atoms with Crippen LogP contribution in [-0.4, -0.2) is 55.2 Å². The van der Waals surface area contributed by atoms with E-state index in [0.717, 1.165) is 0 Å². The average molecular weight is 484 g/mol. The fraction of sp³-hybridized carbons (Fsp3) is 0.565. The van der Waals surface area contributed by atoms with Gasteiger partial charge < -0.3 is 34.5 Å². The molecule has 0 heterocycles. The number of hydrogen-bond acceptors (Lipinski definition) is 10. The lowest BCUT2D eigenvalue weighted by Gasteiger charge is -2.28. The van der Waals surface area contributed by atoms with Crippen molar-refractivity contribution in [1.82, 2.24) is 0 Å². The van der Waals surface area contributed by atoms with Gasteiger partial charge in [0.1, 0.15) is 6.04 Å². The minimum atomic E-state index is -1.37. The molecule has 34 heavy (non-hydrogen) atoms. The van der Waals surface area contributed by atoms with Gasteiger partial charge in [-0.15, -0.1) is 0 Å². The number of carboxylic acid groups (broad SMARTS) is 1. The summed E-state index contributed by atoms with van der Waals surface area (Å²) in [7, 11) is 0. The van der Waals surface area contributed by atoms with E-state index in [-0.39, 0.29) is 37.2 Å². The Kier molecular flexibility index (Phi) is 11.8. The second kappa shape index (κ2) is 14.0. The number of carbonyl (C=O) groups excluding carboxylic acids is 3. The van der Waals surface area contributed by atoms with E-state index in [0.29, 0.717) is 12.0 Å². The monoisotopic (exact) mass is 483 g/mol. The first kappa shape index (κ1) is 28.7. The van der Waals surface area contributed by atoms with Crippen LogP contribution in [0.4, 0.5) is 9.59 Å². The van der Waals surface area contributed by atoms with Crippen LogP contribution in [-0.2, 0) is 23.8 Å². The molecule has 3 unspecified atom stereocenters. The first-order valence-corrected chi connectivity index (χ1v) is 11.0. The summed E-state index contributed by atoms with van der Waals surface area (Å²) in [4.78, 5) is 47.5. The normalized spacial score (nSPS) is 14.2. The summed E-state index contributed by atoms with van der Waals surface area (Å²) >= 11 is 0. The molecule has 0 saturated carbocycles. The van der Waals surface area contributed by atoms with Gasteiger partial charge in [-0.2, -0.15) is 0 Å². The van der Waals surface area contributed by atoms with E-state index in [2.05, 4.69) is 0 Å². The van der Waals surface area contributed by atoms with Gasteiger partial charge in [0.15, 0.2) is 11.5 Å². The third kappa shape index (κ3) is 8.54. The van der Waals surface area contributed by atoms with Crippen LogP contribution in [0.2, 0.25) is 0 Å². The summed E-state index contributed by atoms with van der Waals surface area (Å²) in [6.07, 6.45) is -1.47.